The number of para-hydroxylation sites is 1. The van der Waals surface area contributed by atoms with E-state index in [0.29, 0.717) is 11.1 Å². The zero-order valence-electron chi connectivity index (χ0n) is 18.7. The average molecular weight is 448 g/mol. The van der Waals surface area contributed by atoms with E-state index in [1.165, 1.54) is 19.1 Å². The molecule has 3 aromatic rings. The zero-order valence-corrected chi connectivity index (χ0v) is 18.7. The van der Waals surface area contributed by atoms with Crippen LogP contribution in [0.5, 0.6) is 5.75 Å². The van der Waals surface area contributed by atoms with Crippen LogP contribution in [0.4, 0.5) is 13.2 Å². The molecule has 1 atom stereocenters. The molecule has 1 unspecified atom stereocenters. The van der Waals surface area contributed by atoms with Gasteiger partial charge in [0, 0.05) is 10.9 Å². The first-order chi connectivity index (χ1) is 14.7. The fraction of sp³-hybridized carbons (Fsp3) is 0.417. The van der Waals surface area contributed by atoms with Gasteiger partial charge in [0.15, 0.2) is 5.60 Å². The number of hydrogen-bond donors (Lipinski definition) is 2. The van der Waals surface area contributed by atoms with Crippen molar-refractivity contribution in [3.05, 3.63) is 69.0 Å². The Morgan fingerprint density at radius 1 is 1.06 bits per heavy atom. The van der Waals surface area contributed by atoms with Crippen LogP contribution < -0.4 is 5.43 Å². The predicted octanol–water partition coefficient (Wildman–Crippen LogP) is 4.69. The number of rotatable bonds is 5. The van der Waals surface area contributed by atoms with Crippen molar-refractivity contribution in [2.24, 2.45) is 0 Å². The van der Waals surface area contributed by atoms with E-state index in [0.717, 1.165) is 10.2 Å². The fourth-order valence-corrected chi connectivity index (χ4v) is 4.28. The summed E-state index contributed by atoms with van der Waals surface area (Å²) < 4.78 is 43.8. The SMILES string of the molecule is Cc1cc(C)c(O)c(C(C)(C)CC(O)(Cn2nc(C)c(=O)c3ccccc32)C(F)(F)F)c1. The molecule has 8 heteroatoms. The number of fused-ring (bicyclic) bond motifs is 1. The number of halogens is 3. The fourth-order valence-electron chi connectivity index (χ4n) is 4.28. The van der Waals surface area contributed by atoms with Crippen LogP contribution >= 0.6 is 0 Å². The van der Waals surface area contributed by atoms with Crippen LogP contribution in [-0.2, 0) is 12.0 Å². The lowest BCUT2D eigenvalue weighted by Crippen LogP contribution is -2.52. The maximum Gasteiger partial charge on any atom is 0.419 e. The molecule has 1 heterocycles. The molecule has 0 fully saturated rings. The van der Waals surface area contributed by atoms with E-state index >= 15 is 0 Å². The van der Waals surface area contributed by atoms with Crippen LogP contribution in [0, 0.1) is 20.8 Å². The van der Waals surface area contributed by atoms with Crippen molar-refractivity contribution in [1.82, 2.24) is 9.78 Å². The summed E-state index contributed by atoms with van der Waals surface area (Å²) in [5, 5.41) is 25.8. The molecule has 32 heavy (non-hydrogen) atoms. The Morgan fingerprint density at radius 3 is 2.31 bits per heavy atom. The van der Waals surface area contributed by atoms with E-state index in [1.807, 2.05) is 0 Å². The Morgan fingerprint density at radius 2 is 1.69 bits per heavy atom. The molecule has 0 radical (unpaired) electrons. The van der Waals surface area contributed by atoms with Gasteiger partial charge in [0.1, 0.15) is 11.4 Å². The van der Waals surface area contributed by atoms with Gasteiger partial charge in [0.25, 0.3) is 0 Å². The van der Waals surface area contributed by atoms with Gasteiger partial charge in [-0.25, -0.2) is 0 Å². The molecule has 0 saturated heterocycles. The Bertz CT molecular complexity index is 1230. The van der Waals surface area contributed by atoms with Gasteiger partial charge in [0.05, 0.1) is 12.1 Å². The maximum absolute atomic E-state index is 14.3. The van der Waals surface area contributed by atoms with Gasteiger partial charge < -0.3 is 10.2 Å². The Hall–Kier alpha value is -2.87. The largest absolute Gasteiger partial charge is 0.507 e. The monoisotopic (exact) mass is 448 g/mol. The van der Waals surface area contributed by atoms with Crippen molar-refractivity contribution in [3.63, 3.8) is 0 Å². The van der Waals surface area contributed by atoms with Crippen molar-refractivity contribution < 1.29 is 23.4 Å². The second kappa shape index (κ2) is 7.92. The number of nitrogens with zero attached hydrogens (tertiary/aromatic N) is 2. The highest BCUT2D eigenvalue weighted by atomic mass is 19.4. The summed E-state index contributed by atoms with van der Waals surface area (Å²) in [6.45, 7) is 7.11. The lowest BCUT2D eigenvalue weighted by molar-refractivity contribution is -0.272. The first kappa shape index (κ1) is 23.8. The Kier molecular flexibility index (Phi) is 5.89. The summed E-state index contributed by atoms with van der Waals surface area (Å²) in [5.74, 6) is -0.0899. The number of phenols is 1. The number of phenolic OH excluding ortho intramolecular Hbond substituents is 1. The minimum atomic E-state index is -4.99. The molecule has 1 aromatic heterocycles. The number of alkyl halides is 3. The predicted molar refractivity (Wildman–Crippen MR) is 117 cm³/mol. The molecule has 2 aromatic carbocycles. The first-order valence-electron chi connectivity index (χ1n) is 10.2. The summed E-state index contributed by atoms with van der Waals surface area (Å²) in [5.41, 5.74) is -2.85. The second-order valence-corrected chi connectivity index (χ2v) is 9.16. The molecular weight excluding hydrogens is 421 g/mol. The van der Waals surface area contributed by atoms with Crippen molar-refractivity contribution in [2.45, 2.75) is 64.8 Å². The Balaban J connectivity index is 2.13. The van der Waals surface area contributed by atoms with Crippen LogP contribution in [0.2, 0.25) is 0 Å². The van der Waals surface area contributed by atoms with E-state index < -0.39 is 30.2 Å². The number of hydrogen-bond acceptors (Lipinski definition) is 4. The minimum absolute atomic E-state index is 0.0411. The maximum atomic E-state index is 14.3. The van der Waals surface area contributed by atoms with Gasteiger partial charge >= 0.3 is 6.18 Å². The third kappa shape index (κ3) is 4.24. The zero-order chi connectivity index (χ0) is 24.1. The highest BCUT2D eigenvalue weighted by Crippen LogP contribution is 2.45. The van der Waals surface area contributed by atoms with Crippen LogP contribution in [0.15, 0.2) is 41.2 Å². The molecule has 0 bridgehead atoms. The van der Waals surface area contributed by atoms with E-state index in [1.54, 1.807) is 52.0 Å². The quantitative estimate of drug-likeness (QED) is 0.594. The normalized spacial score (nSPS) is 14.5. The molecule has 0 amide bonds. The van der Waals surface area contributed by atoms with Gasteiger partial charge in [-0.2, -0.15) is 18.3 Å². The molecular formula is C24H27F3N2O3. The van der Waals surface area contributed by atoms with Crippen LogP contribution in [0.25, 0.3) is 10.9 Å². The highest BCUT2D eigenvalue weighted by molar-refractivity contribution is 5.78. The highest BCUT2D eigenvalue weighted by Gasteiger charge is 2.56. The van der Waals surface area contributed by atoms with Crippen LogP contribution in [-0.4, -0.2) is 31.8 Å². The van der Waals surface area contributed by atoms with Gasteiger partial charge in [-0.15, -0.1) is 0 Å². The molecule has 0 aliphatic heterocycles. The number of aryl methyl sites for hydroxylation is 3. The van der Waals surface area contributed by atoms with Gasteiger partial charge in [-0.3, -0.25) is 9.48 Å². The lowest BCUT2D eigenvalue weighted by Gasteiger charge is -2.38. The summed E-state index contributed by atoms with van der Waals surface area (Å²) in [6, 6.07) is 9.61. The molecule has 0 spiro atoms. The number of aromatic hydroxyl groups is 1. The Labute approximate surface area is 184 Å². The summed E-state index contributed by atoms with van der Waals surface area (Å²) in [4.78, 5) is 12.4. The molecule has 2 N–H and O–H groups in total. The lowest BCUT2D eigenvalue weighted by atomic mass is 9.73. The third-order valence-corrected chi connectivity index (χ3v) is 5.87. The van der Waals surface area contributed by atoms with Crippen molar-refractivity contribution in [3.8, 4) is 5.75 Å². The summed E-state index contributed by atoms with van der Waals surface area (Å²) in [7, 11) is 0. The van der Waals surface area contributed by atoms with Crippen LogP contribution in [0.1, 0.15) is 42.7 Å². The molecule has 0 saturated carbocycles. The van der Waals surface area contributed by atoms with Gasteiger partial charge in [-0.1, -0.05) is 43.7 Å². The molecule has 0 aliphatic carbocycles. The molecule has 0 aliphatic rings. The van der Waals surface area contributed by atoms with Crippen molar-refractivity contribution >= 4 is 10.9 Å². The van der Waals surface area contributed by atoms with Gasteiger partial charge in [0.2, 0.25) is 5.43 Å². The summed E-state index contributed by atoms with van der Waals surface area (Å²) in [6.07, 6.45) is -5.71. The summed E-state index contributed by atoms with van der Waals surface area (Å²) >= 11 is 0. The standard InChI is InChI=1S/C24H27F3N2O3/c1-14-10-15(2)20(30)18(11-14)22(4,5)12-23(32,24(25,26)27)13-29-19-9-7-6-8-17(19)21(31)16(3)28-29/h6-11,30,32H,12-13H2,1-5H3. The minimum Gasteiger partial charge on any atom is -0.507 e. The van der Waals surface area contributed by atoms with Crippen LogP contribution in [0.3, 0.4) is 0 Å². The topological polar surface area (TPSA) is 75.3 Å². The van der Waals surface area contributed by atoms with Crippen molar-refractivity contribution in [2.75, 3.05) is 0 Å². The van der Waals surface area contributed by atoms with E-state index in [4.69, 9.17) is 0 Å². The first-order valence-corrected chi connectivity index (χ1v) is 10.2. The molecule has 5 nitrogen and oxygen atoms in total. The molecule has 3 rings (SSSR count). The van der Waals surface area contributed by atoms with Crippen molar-refractivity contribution in [1.29, 1.82) is 0 Å². The average Bonchev–Trinajstić information content (AvgIpc) is 2.67. The van der Waals surface area contributed by atoms with Gasteiger partial charge in [-0.05, 0) is 50.3 Å². The second-order valence-electron chi connectivity index (χ2n) is 9.16. The number of aliphatic hydroxyl groups is 1. The molecule has 172 valence electrons. The van der Waals surface area contributed by atoms with E-state index in [-0.39, 0.29) is 27.8 Å². The third-order valence-electron chi connectivity index (χ3n) is 5.87. The van der Waals surface area contributed by atoms with E-state index in [2.05, 4.69) is 5.10 Å². The number of aromatic nitrogens is 2. The smallest absolute Gasteiger partial charge is 0.419 e. The number of benzene rings is 2. The van der Waals surface area contributed by atoms with E-state index in [9.17, 15) is 28.2 Å².